The van der Waals surface area contributed by atoms with Gasteiger partial charge in [0.05, 0.1) is 0 Å². The molecule has 4 N–H and O–H groups in total. The van der Waals surface area contributed by atoms with Crippen molar-refractivity contribution in [1.82, 2.24) is 20.5 Å². The standard InChI is InChI=1S/C11H19N5O/c12-6-9(8-4-2-1-3-5-8)15-11(17)10-13-7-14-16-10/h7-9H,1-6,12H2,(H,15,17)(H,13,14,16). The average molecular weight is 237 g/mol. The third kappa shape index (κ3) is 3.03. The molecule has 0 saturated heterocycles. The highest BCUT2D eigenvalue weighted by Gasteiger charge is 2.24. The van der Waals surface area contributed by atoms with Crippen molar-refractivity contribution in [3.05, 3.63) is 12.2 Å². The number of hydrogen-bond donors (Lipinski definition) is 3. The van der Waals surface area contributed by atoms with E-state index >= 15 is 0 Å². The molecule has 1 amide bonds. The number of nitrogens with zero attached hydrogens (tertiary/aromatic N) is 2. The molecule has 1 heterocycles. The Hall–Kier alpha value is -1.43. The first kappa shape index (κ1) is 12.0. The summed E-state index contributed by atoms with van der Waals surface area (Å²) in [4.78, 5) is 15.6. The van der Waals surface area contributed by atoms with Gasteiger partial charge in [-0.05, 0) is 18.8 Å². The molecule has 1 saturated carbocycles. The molecule has 1 aliphatic carbocycles. The van der Waals surface area contributed by atoms with Gasteiger partial charge in [0, 0.05) is 12.6 Å². The molecule has 0 spiro atoms. The van der Waals surface area contributed by atoms with E-state index in [1.54, 1.807) is 0 Å². The summed E-state index contributed by atoms with van der Waals surface area (Å²) in [5.41, 5.74) is 5.74. The fourth-order valence-electron chi connectivity index (χ4n) is 2.46. The van der Waals surface area contributed by atoms with Gasteiger partial charge >= 0.3 is 0 Å². The molecule has 0 aliphatic heterocycles. The molecule has 0 radical (unpaired) electrons. The second-order valence-electron chi connectivity index (χ2n) is 4.55. The lowest BCUT2D eigenvalue weighted by atomic mass is 9.84. The third-order valence-corrected chi connectivity index (χ3v) is 3.42. The number of nitrogens with one attached hydrogen (secondary N) is 2. The Morgan fingerprint density at radius 1 is 1.53 bits per heavy atom. The quantitative estimate of drug-likeness (QED) is 0.708. The van der Waals surface area contributed by atoms with Gasteiger partial charge in [-0.1, -0.05) is 19.3 Å². The van der Waals surface area contributed by atoms with Crippen LogP contribution in [0.2, 0.25) is 0 Å². The second-order valence-corrected chi connectivity index (χ2v) is 4.55. The minimum atomic E-state index is -0.219. The van der Waals surface area contributed by atoms with Crippen LogP contribution in [0.25, 0.3) is 0 Å². The fraction of sp³-hybridized carbons (Fsp3) is 0.727. The summed E-state index contributed by atoms with van der Waals surface area (Å²) in [6.45, 7) is 0.477. The van der Waals surface area contributed by atoms with Crippen LogP contribution in [-0.2, 0) is 0 Å². The number of carbonyl (C=O) groups is 1. The Morgan fingerprint density at radius 2 is 2.29 bits per heavy atom. The van der Waals surface area contributed by atoms with Crippen molar-refractivity contribution in [2.24, 2.45) is 11.7 Å². The average Bonchev–Trinajstić information content (AvgIpc) is 2.90. The van der Waals surface area contributed by atoms with E-state index < -0.39 is 0 Å². The van der Waals surface area contributed by atoms with Crippen molar-refractivity contribution in [3.63, 3.8) is 0 Å². The number of aromatic amines is 1. The van der Waals surface area contributed by atoms with Crippen LogP contribution in [0.4, 0.5) is 0 Å². The summed E-state index contributed by atoms with van der Waals surface area (Å²) in [7, 11) is 0. The van der Waals surface area contributed by atoms with Gasteiger partial charge in [-0.25, -0.2) is 4.98 Å². The Labute approximate surface area is 100 Å². The molecule has 1 unspecified atom stereocenters. The van der Waals surface area contributed by atoms with E-state index in [0.29, 0.717) is 12.5 Å². The van der Waals surface area contributed by atoms with Gasteiger partial charge in [0.1, 0.15) is 6.33 Å². The van der Waals surface area contributed by atoms with E-state index in [1.807, 2.05) is 0 Å². The van der Waals surface area contributed by atoms with E-state index in [1.165, 1.54) is 25.6 Å². The maximum atomic E-state index is 11.8. The molecule has 94 valence electrons. The molecule has 6 nitrogen and oxygen atoms in total. The smallest absolute Gasteiger partial charge is 0.288 e. The molecular formula is C11H19N5O. The molecule has 17 heavy (non-hydrogen) atoms. The maximum absolute atomic E-state index is 11.8. The number of nitrogens with two attached hydrogens (primary N) is 1. The largest absolute Gasteiger partial charge is 0.345 e. The van der Waals surface area contributed by atoms with Gasteiger partial charge in [0.25, 0.3) is 5.91 Å². The van der Waals surface area contributed by atoms with Gasteiger partial charge in [0.2, 0.25) is 5.82 Å². The van der Waals surface area contributed by atoms with Crippen molar-refractivity contribution in [3.8, 4) is 0 Å². The summed E-state index contributed by atoms with van der Waals surface area (Å²) in [6.07, 6.45) is 7.40. The van der Waals surface area contributed by atoms with Gasteiger partial charge in [-0.2, -0.15) is 5.10 Å². The first-order valence-electron chi connectivity index (χ1n) is 6.17. The predicted molar refractivity (Wildman–Crippen MR) is 63.3 cm³/mol. The predicted octanol–water partition coefficient (Wildman–Crippen LogP) is 0.442. The van der Waals surface area contributed by atoms with E-state index in [9.17, 15) is 4.79 Å². The third-order valence-electron chi connectivity index (χ3n) is 3.42. The van der Waals surface area contributed by atoms with Crippen LogP contribution in [0.1, 0.15) is 42.7 Å². The molecule has 1 atom stereocenters. The number of hydrogen-bond acceptors (Lipinski definition) is 4. The van der Waals surface area contributed by atoms with Crippen molar-refractivity contribution in [1.29, 1.82) is 0 Å². The minimum Gasteiger partial charge on any atom is -0.345 e. The second kappa shape index (κ2) is 5.77. The van der Waals surface area contributed by atoms with E-state index in [-0.39, 0.29) is 17.8 Å². The van der Waals surface area contributed by atoms with Gasteiger partial charge in [-0.15, -0.1) is 0 Å². The lowest BCUT2D eigenvalue weighted by Crippen LogP contribution is -2.46. The van der Waals surface area contributed by atoms with Crippen molar-refractivity contribution >= 4 is 5.91 Å². The monoisotopic (exact) mass is 237 g/mol. The van der Waals surface area contributed by atoms with Gasteiger partial charge in [0.15, 0.2) is 0 Å². The summed E-state index contributed by atoms with van der Waals surface area (Å²) < 4.78 is 0. The number of rotatable bonds is 4. The van der Waals surface area contributed by atoms with Crippen molar-refractivity contribution in [2.45, 2.75) is 38.1 Å². The SMILES string of the molecule is NCC(NC(=O)c1ncn[nH]1)C1CCCCC1. The maximum Gasteiger partial charge on any atom is 0.288 e. The summed E-state index contributed by atoms with van der Waals surface area (Å²) >= 11 is 0. The summed E-state index contributed by atoms with van der Waals surface area (Å²) in [6, 6.07) is 0.0490. The Kier molecular flexibility index (Phi) is 4.08. The number of H-pyrrole nitrogens is 1. The highest BCUT2D eigenvalue weighted by atomic mass is 16.2. The van der Waals surface area contributed by atoms with Gasteiger partial charge < -0.3 is 11.1 Å². The van der Waals surface area contributed by atoms with E-state index in [0.717, 1.165) is 12.8 Å². The molecule has 1 aromatic rings. The topological polar surface area (TPSA) is 96.7 Å². The van der Waals surface area contributed by atoms with Crippen LogP contribution in [-0.4, -0.2) is 33.7 Å². The van der Waals surface area contributed by atoms with E-state index in [4.69, 9.17) is 5.73 Å². The van der Waals surface area contributed by atoms with Crippen molar-refractivity contribution in [2.75, 3.05) is 6.54 Å². The molecular weight excluding hydrogens is 218 g/mol. The Morgan fingerprint density at radius 3 is 2.88 bits per heavy atom. The number of carbonyl (C=O) groups excluding carboxylic acids is 1. The highest BCUT2D eigenvalue weighted by molar-refractivity contribution is 5.90. The molecule has 1 fully saturated rings. The molecule has 0 aromatic carbocycles. The molecule has 1 aliphatic rings. The van der Waals surface area contributed by atoms with Crippen LogP contribution < -0.4 is 11.1 Å². The van der Waals surface area contributed by atoms with Crippen LogP contribution in [0.5, 0.6) is 0 Å². The van der Waals surface area contributed by atoms with Gasteiger partial charge in [-0.3, -0.25) is 9.89 Å². The Bertz CT molecular complexity index is 345. The summed E-state index contributed by atoms with van der Waals surface area (Å²) in [5, 5.41) is 9.16. The Balaban J connectivity index is 1.92. The zero-order valence-corrected chi connectivity index (χ0v) is 9.85. The molecule has 6 heteroatoms. The zero-order valence-electron chi connectivity index (χ0n) is 9.85. The first-order chi connectivity index (χ1) is 8.31. The fourth-order valence-corrected chi connectivity index (χ4v) is 2.46. The zero-order chi connectivity index (χ0) is 12.1. The first-order valence-corrected chi connectivity index (χ1v) is 6.17. The minimum absolute atomic E-state index is 0.0490. The molecule has 0 bridgehead atoms. The summed E-state index contributed by atoms with van der Waals surface area (Å²) in [5.74, 6) is 0.531. The van der Waals surface area contributed by atoms with Crippen LogP contribution in [0.15, 0.2) is 6.33 Å². The van der Waals surface area contributed by atoms with Crippen LogP contribution in [0, 0.1) is 5.92 Å². The van der Waals surface area contributed by atoms with E-state index in [2.05, 4.69) is 20.5 Å². The highest BCUT2D eigenvalue weighted by Crippen LogP contribution is 2.26. The van der Waals surface area contributed by atoms with Crippen molar-refractivity contribution < 1.29 is 4.79 Å². The van der Waals surface area contributed by atoms with Crippen LogP contribution >= 0.6 is 0 Å². The normalized spacial score (nSPS) is 18.9. The van der Waals surface area contributed by atoms with Crippen LogP contribution in [0.3, 0.4) is 0 Å². The molecule has 2 rings (SSSR count). The molecule has 1 aromatic heterocycles. The number of amides is 1. The number of aromatic nitrogens is 3. The lowest BCUT2D eigenvalue weighted by molar-refractivity contribution is 0.0905. The lowest BCUT2D eigenvalue weighted by Gasteiger charge is -2.29.